The minimum Gasteiger partial charge on any atom is -0.493 e. The molecule has 2 rings (SSSR count). The van der Waals surface area contributed by atoms with Crippen molar-refractivity contribution < 1.29 is 86.0 Å². The van der Waals surface area contributed by atoms with Crippen LogP contribution in [-0.2, 0) is 60.2 Å². The average molecular weight is 919 g/mol. The third-order valence-corrected chi connectivity index (χ3v) is 9.75. The Morgan fingerprint density at radius 2 is 0.625 bits per heavy atom. The molecule has 0 unspecified atom stereocenters. The van der Waals surface area contributed by atoms with Gasteiger partial charge in [0, 0.05) is 6.61 Å². The summed E-state index contributed by atoms with van der Waals surface area (Å²) in [5, 5.41) is 17.5. The molecule has 18 nitrogen and oxygen atoms in total. The largest absolute Gasteiger partial charge is 0.493 e. The molecule has 0 saturated heterocycles. The van der Waals surface area contributed by atoms with Crippen molar-refractivity contribution >= 4 is 0 Å². The molecule has 0 spiro atoms. The molecule has 370 valence electrons. The van der Waals surface area contributed by atoms with Crippen molar-refractivity contribution in [1.82, 2.24) is 0 Å². The van der Waals surface area contributed by atoms with E-state index in [2.05, 4.69) is 0 Å². The van der Waals surface area contributed by atoms with Crippen LogP contribution in [0.15, 0.2) is 24.3 Å². The lowest BCUT2D eigenvalue weighted by Crippen LogP contribution is -2.26. The standard InChI is InChI=1S/C46H78O18/c1-49-41-32-37(33-42(50-2)45(41)53-5)30-39(8-7-11-55-14-17-58-20-23-61-24-21-59-18-15-56-12-9-47)40(31-38-34-43(51-3)46(54-6)44(35-38)52-4)36-64-29-28-63-27-26-62-25-22-60-19-16-57-13-10-48/h32-35,39-40,47-48H,7-31,36H2,1-6H3/t39-,40+/m0/s1. The minimum atomic E-state index is -0.00226. The van der Waals surface area contributed by atoms with Gasteiger partial charge in [-0.2, -0.15) is 0 Å². The SMILES string of the molecule is COc1cc(C[C@H](CCCOCCOCCOCCOCCOCCO)[C@@H](COCCOCCOCCOCCOCCO)Cc2cc(OC)c(OC)c(OC)c2)cc(OC)c1OC. The Hall–Kier alpha value is -3.24. The second-order valence-corrected chi connectivity index (χ2v) is 14.2. The van der Waals surface area contributed by atoms with Crippen LogP contribution in [0, 0.1) is 11.8 Å². The zero-order valence-corrected chi connectivity index (χ0v) is 39.3. The summed E-state index contributed by atoms with van der Waals surface area (Å²) in [7, 11) is 9.65. The molecule has 2 aromatic carbocycles. The first kappa shape index (κ1) is 56.9. The van der Waals surface area contributed by atoms with Gasteiger partial charge in [0.25, 0.3) is 0 Å². The van der Waals surface area contributed by atoms with Crippen LogP contribution < -0.4 is 28.4 Å². The highest BCUT2D eigenvalue weighted by Gasteiger charge is 2.26. The Labute approximate surface area is 380 Å². The Morgan fingerprint density at radius 3 is 0.922 bits per heavy atom. The number of benzene rings is 2. The van der Waals surface area contributed by atoms with E-state index in [1.165, 1.54) is 0 Å². The molecule has 0 bridgehead atoms. The quantitative estimate of drug-likeness (QED) is 0.0915. The van der Waals surface area contributed by atoms with Gasteiger partial charge in [-0.1, -0.05) is 0 Å². The smallest absolute Gasteiger partial charge is 0.203 e. The topological polar surface area (TPSA) is 188 Å². The summed E-state index contributed by atoms with van der Waals surface area (Å²) in [6.45, 7) is 8.80. The van der Waals surface area contributed by atoms with E-state index in [4.69, 9.17) is 86.0 Å². The van der Waals surface area contributed by atoms with Crippen molar-refractivity contribution in [2.24, 2.45) is 11.8 Å². The van der Waals surface area contributed by atoms with Crippen molar-refractivity contribution in [1.29, 1.82) is 0 Å². The average Bonchev–Trinajstić information content (AvgIpc) is 3.32. The highest BCUT2D eigenvalue weighted by Crippen LogP contribution is 2.41. The number of hydrogen-bond donors (Lipinski definition) is 2. The van der Waals surface area contributed by atoms with Crippen LogP contribution in [0.25, 0.3) is 0 Å². The van der Waals surface area contributed by atoms with Gasteiger partial charge in [-0.25, -0.2) is 0 Å². The van der Waals surface area contributed by atoms with Gasteiger partial charge in [0.15, 0.2) is 23.0 Å². The van der Waals surface area contributed by atoms with Crippen LogP contribution in [0.5, 0.6) is 34.5 Å². The third-order valence-electron chi connectivity index (χ3n) is 9.75. The fourth-order valence-corrected chi connectivity index (χ4v) is 6.65. The second-order valence-electron chi connectivity index (χ2n) is 14.2. The Kier molecular flexibility index (Phi) is 34.6. The van der Waals surface area contributed by atoms with Gasteiger partial charge >= 0.3 is 0 Å². The van der Waals surface area contributed by atoms with Crippen LogP contribution in [0.4, 0.5) is 0 Å². The van der Waals surface area contributed by atoms with Crippen LogP contribution in [0.1, 0.15) is 24.0 Å². The maximum absolute atomic E-state index is 8.76. The lowest BCUT2D eigenvalue weighted by atomic mass is 9.80. The zero-order chi connectivity index (χ0) is 46.3. The first-order valence-electron chi connectivity index (χ1n) is 22.1. The molecular weight excluding hydrogens is 840 g/mol. The molecule has 0 heterocycles. The molecule has 0 fully saturated rings. The van der Waals surface area contributed by atoms with E-state index in [0.29, 0.717) is 179 Å². The molecule has 0 radical (unpaired) electrons. The minimum absolute atomic E-state index is 0.00226. The summed E-state index contributed by atoms with van der Waals surface area (Å²) < 4.78 is 90.4. The fourth-order valence-electron chi connectivity index (χ4n) is 6.65. The molecule has 0 aliphatic carbocycles. The van der Waals surface area contributed by atoms with E-state index in [1.54, 1.807) is 42.7 Å². The predicted octanol–water partition coefficient (Wildman–Crippen LogP) is 3.69. The van der Waals surface area contributed by atoms with Crippen molar-refractivity contribution in [3.8, 4) is 34.5 Å². The Balaban J connectivity index is 2.06. The number of methoxy groups -OCH3 is 6. The summed E-state index contributed by atoms with van der Waals surface area (Å²) in [6.07, 6.45) is 3.01. The summed E-state index contributed by atoms with van der Waals surface area (Å²) >= 11 is 0. The molecule has 0 aliphatic rings. The summed E-state index contributed by atoms with van der Waals surface area (Å²) in [5.74, 6) is 3.60. The van der Waals surface area contributed by atoms with E-state index in [0.717, 1.165) is 24.0 Å². The molecular formula is C46H78O18. The predicted molar refractivity (Wildman–Crippen MR) is 238 cm³/mol. The summed E-state index contributed by atoms with van der Waals surface area (Å²) in [6, 6.07) is 7.98. The first-order chi connectivity index (χ1) is 31.5. The molecule has 0 saturated carbocycles. The van der Waals surface area contributed by atoms with Gasteiger partial charge in [-0.3, -0.25) is 0 Å². The molecule has 64 heavy (non-hydrogen) atoms. The summed E-state index contributed by atoms with van der Waals surface area (Å²) in [5.41, 5.74) is 2.05. The van der Waals surface area contributed by atoms with Crippen molar-refractivity contribution in [3.05, 3.63) is 35.4 Å². The molecule has 2 aromatic rings. The molecule has 0 aromatic heterocycles. The number of rotatable bonds is 45. The summed E-state index contributed by atoms with van der Waals surface area (Å²) in [4.78, 5) is 0. The third kappa shape index (κ3) is 24.9. The molecule has 2 N–H and O–H groups in total. The van der Waals surface area contributed by atoms with E-state index >= 15 is 0 Å². The molecule has 0 aliphatic heterocycles. The van der Waals surface area contributed by atoms with Gasteiger partial charge < -0.3 is 86.0 Å². The molecule has 18 heteroatoms. The van der Waals surface area contributed by atoms with Crippen LogP contribution in [-0.4, -0.2) is 198 Å². The maximum Gasteiger partial charge on any atom is 0.203 e. The van der Waals surface area contributed by atoms with Crippen molar-refractivity contribution in [2.75, 3.05) is 188 Å². The van der Waals surface area contributed by atoms with Gasteiger partial charge in [-0.15, -0.1) is 0 Å². The zero-order valence-electron chi connectivity index (χ0n) is 39.3. The number of ether oxygens (including phenoxy) is 16. The van der Waals surface area contributed by atoms with Crippen molar-refractivity contribution in [2.45, 2.75) is 25.7 Å². The van der Waals surface area contributed by atoms with Crippen LogP contribution in [0.2, 0.25) is 0 Å². The van der Waals surface area contributed by atoms with Crippen LogP contribution in [0.3, 0.4) is 0 Å². The lowest BCUT2D eigenvalue weighted by molar-refractivity contribution is -0.0180. The first-order valence-corrected chi connectivity index (χ1v) is 22.1. The molecule has 0 amide bonds. The van der Waals surface area contributed by atoms with Gasteiger partial charge in [0.1, 0.15) is 0 Å². The van der Waals surface area contributed by atoms with Crippen molar-refractivity contribution in [3.63, 3.8) is 0 Å². The van der Waals surface area contributed by atoms with E-state index in [1.807, 2.05) is 24.3 Å². The Bertz CT molecular complexity index is 1350. The van der Waals surface area contributed by atoms with E-state index < -0.39 is 0 Å². The van der Waals surface area contributed by atoms with Crippen LogP contribution >= 0.6 is 0 Å². The lowest BCUT2D eigenvalue weighted by Gasteiger charge is -2.29. The second kappa shape index (κ2) is 39.0. The maximum atomic E-state index is 8.76. The highest BCUT2D eigenvalue weighted by molar-refractivity contribution is 5.55. The Morgan fingerprint density at radius 1 is 0.344 bits per heavy atom. The van der Waals surface area contributed by atoms with Gasteiger partial charge in [0.05, 0.1) is 181 Å². The van der Waals surface area contributed by atoms with Gasteiger partial charge in [-0.05, 0) is 72.9 Å². The van der Waals surface area contributed by atoms with E-state index in [9.17, 15) is 0 Å². The fraction of sp³-hybridized carbons (Fsp3) is 0.739. The normalized spacial score (nSPS) is 12.3. The van der Waals surface area contributed by atoms with E-state index in [-0.39, 0.29) is 25.0 Å². The monoisotopic (exact) mass is 919 g/mol. The number of aliphatic hydroxyl groups is 2. The molecule has 2 atom stereocenters. The van der Waals surface area contributed by atoms with Gasteiger partial charge in [0.2, 0.25) is 11.5 Å². The highest BCUT2D eigenvalue weighted by atomic mass is 16.6. The number of hydrogen-bond acceptors (Lipinski definition) is 18. The number of aliphatic hydroxyl groups excluding tert-OH is 2.